The zero-order chi connectivity index (χ0) is 18.1. The van der Waals surface area contributed by atoms with E-state index in [4.69, 9.17) is 11.6 Å². The molecule has 0 atom stereocenters. The summed E-state index contributed by atoms with van der Waals surface area (Å²) in [5, 5.41) is 12.0. The summed E-state index contributed by atoms with van der Waals surface area (Å²) in [5.41, 5.74) is 4.67. The van der Waals surface area contributed by atoms with Crippen LogP contribution in [0, 0.1) is 10.1 Å². The molecule has 0 aliphatic carbocycles. The first-order valence-corrected chi connectivity index (χ1v) is 8.58. The van der Waals surface area contributed by atoms with E-state index in [1.807, 2.05) is 48.7 Å². The van der Waals surface area contributed by atoms with Crippen molar-refractivity contribution in [3.05, 3.63) is 105 Å². The minimum absolute atomic E-state index is 0.0630. The molecular formula is C21H15ClN2O2. The first-order valence-electron chi connectivity index (χ1n) is 8.20. The van der Waals surface area contributed by atoms with Crippen LogP contribution in [0.5, 0.6) is 0 Å². The second-order valence-electron chi connectivity index (χ2n) is 6.08. The molecule has 1 aliphatic heterocycles. The summed E-state index contributed by atoms with van der Waals surface area (Å²) in [6.07, 6.45) is 2.58. The second kappa shape index (κ2) is 6.65. The number of hydrogen-bond acceptors (Lipinski definition) is 3. The molecule has 128 valence electrons. The summed E-state index contributed by atoms with van der Waals surface area (Å²) in [5.74, 6) is 0. The van der Waals surface area contributed by atoms with Gasteiger partial charge in [-0.05, 0) is 41.5 Å². The zero-order valence-corrected chi connectivity index (χ0v) is 14.6. The summed E-state index contributed by atoms with van der Waals surface area (Å²) in [4.78, 5) is 13.2. The van der Waals surface area contributed by atoms with Crippen LogP contribution in [-0.2, 0) is 6.42 Å². The number of fused-ring (bicyclic) bond motifs is 1. The van der Waals surface area contributed by atoms with Crippen LogP contribution in [0.2, 0.25) is 5.02 Å². The van der Waals surface area contributed by atoms with Crippen LogP contribution in [0.25, 0.3) is 5.57 Å². The van der Waals surface area contributed by atoms with Gasteiger partial charge in [0, 0.05) is 35.1 Å². The van der Waals surface area contributed by atoms with Gasteiger partial charge in [0.2, 0.25) is 0 Å². The third kappa shape index (κ3) is 2.95. The molecule has 1 aliphatic rings. The molecule has 0 amide bonds. The number of rotatable bonds is 3. The molecule has 3 aromatic carbocycles. The third-order valence-corrected chi connectivity index (χ3v) is 4.69. The minimum atomic E-state index is -0.361. The van der Waals surface area contributed by atoms with E-state index < -0.39 is 0 Å². The third-order valence-electron chi connectivity index (χ3n) is 4.45. The first kappa shape index (κ1) is 16.4. The van der Waals surface area contributed by atoms with Crippen LogP contribution in [0.3, 0.4) is 0 Å². The highest BCUT2D eigenvalue weighted by atomic mass is 35.5. The maximum Gasteiger partial charge on any atom is 0.277 e. The maximum atomic E-state index is 11.5. The molecule has 1 heterocycles. The van der Waals surface area contributed by atoms with Crippen molar-refractivity contribution in [2.24, 2.45) is 0 Å². The highest BCUT2D eigenvalue weighted by Crippen LogP contribution is 2.40. The van der Waals surface area contributed by atoms with Crippen molar-refractivity contribution in [2.75, 3.05) is 4.90 Å². The van der Waals surface area contributed by atoms with Gasteiger partial charge in [-0.3, -0.25) is 10.1 Å². The van der Waals surface area contributed by atoms with Crippen molar-refractivity contribution < 1.29 is 4.92 Å². The summed E-state index contributed by atoms with van der Waals surface area (Å²) < 4.78 is 0. The van der Waals surface area contributed by atoms with E-state index >= 15 is 0 Å². The van der Waals surface area contributed by atoms with Crippen LogP contribution in [0.1, 0.15) is 11.1 Å². The Kier molecular flexibility index (Phi) is 4.19. The fraction of sp³-hybridized carbons (Fsp3) is 0.0476. The van der Waals surface area contributed by atoms with Crippen LogP contribution in [0.15, 0.2) is 79.0 Å². The normalized spacial score (nSPS) is 13.1. The van der Waals surface area contributed by atoms with Gasteiger partial charge < -0.3 is 4.90 Å². The molecule has 0 radical (unpaired) electrons. The Morgan fingerprint density at radius 2 is 1.69 bits per heavy atom. The first-order chi connectivity index (χ1) is 12.6. The van der Waals surface area contributed by atoms with Crippen molar-refractivity contribution in [3.63, 3.8) is 0 Å². The van der Waals surface area contributed by atoms with Gasteiger partial charge in [0.25, 0.3) is 5.69 Å². The minimum Gasteiger partial charge on any atom is -0.317 e. The van der Waals surface area contributed by atoms with E-state index in [-0.39, 0.29) is 10.6 Å². The van der Waals surface area contributed by atoms with Gasteiger partial charge in [0.05, 0.1) is 10.5 Å². The monoisotopic (exact) mass is 362 g/mol. The number of hydrogen-bond donors (Lipinski definition) is 0. The number of allylic oxidation sites excluding steroid dienone is 1. The Labute approximate surface area is 156 Å². The predicted octanol–water partition coefficient (Wildman–Crippen LogP) is 5.98. The summed E-state index contributed by atoms with van der Waals surface area (Å²) in [6, 6.07) is 22.7. The van der Waals surface area contributed by atoms with Crippen molar-refractivity contribution >= 4 is 34.2 Å². The maximum absolute atomic E-state index is 11.5. The van der Waals surface area contributed by atoms with Crippen molar-refractivity contribution in [1.29, 1.82) is 0 Å². The average Bonchev–Trinajstić information content (AvgIpc) is 2.67. The topological polar surface area (TPSA) is 46.4 Å². The van der Waals surface area contributed by atoms with E-state index in [0.717, 1.165) is 22.5 Å². The summed E-state index contributed by atoms with van der Waals surface area (Å²) >= 11 is 6.13. The molecule has 0 saturated heterocycles. The number of anilines is 2. The molecule has 4 rings (SSSR count). The lowest BCUT2D eigenvalue weighted by molar-refractivity contribution is -0.385. The van der Waals surface area contributed by atoms with Gasteiger partial charge in [-0.25, -0.2) is 0 Å². The lowest BCUT2D eigenvalue weighted by Gasteiger charge is -2.29. The molecule has 4 nitrogen and oxygen atoms in total. The van der Waals surface area contributed by atoms with Crippen LogP contribution in [-0.4, -0.2) is 4.92 Å². The van der Waals surface area contributed by atoms with E-state index in [1.165, 1.54) is 6.07 Å². The number of nitrogens with zero attached hydrogens (tertiary/aromatic N) is 2. The smallest absolute Gasteiger partial charge is 0.277 e. The van der Waals surface area contributed by atoms with E-state index in [1.54, 1.807) is 12.1 Å². The van der Waals surface area contributed by atoms with E-state index in [9.17, 15) is 10.1 Å². The Hall–Kier alpha value is -3.11. The van der Waals surface area contributed by atoms with Crippen LogP contribution < -0.4 is 4.90 Å². The lowest BCUT2D eigenvalue weighted by atomic mass is 9.93. The molecule has 5 heteroatoms. The van der Waals surface area contributed by atoms with Crippen molar-refractivity contribution in [1.82, 2.24) is 0 Å². The van der Waals surface area contributed by atoms with Crippen LogP contribution >= 0.6 is 11.6 Å². The van der Waals surface area contributed by atoms with Crippen molar-refractivity contribution in [2.45, 2.75) is 6.42 Å². The van der Waals surface area contributed by atoms with Gasteiger partial charge in [-0.2, -0.15) is 0 Å². The standard InChI is InChI=1S/C21H15ClN2O2/c22-17-10-11-21(24(25)26)19(13-17)16-12-15-6-4-5-9-20(15)23(14-16)18-7-2-1-3-8-18/h1-11,13-14H,12H2. The number of benzene rings is 3. The van der Waals surface area contributed by atoms with E-state index in [2.05, 4.69) is 17.0 Å². The molecule has 26 heavy (non-hydrogen) atoms. The number of para-hydroxylation sites is 2. The van der Waals surface area contributed by atoms with E-state index in [0.29, 0.717) is 17.0 Å². The second-order valence-corrected chi connectivity index (χ2v) is 6.52. The molecule has 0 unspecified atom stereocenters. The molecule has 0 saturated carbocycles. The largest absolute Gasteiger partial charge is 0.317 e. The molecular weight excluding hydrogens is 348 g/mol. The number of nitro benzene ring substituents is 1. The van der Waals surface area contributed by atoms with Gasteiger partial charge in [0.1, 0.15) is 0 Å². The number of halogens is 1. The number of nitro groups is 1. The lowest BCUT2D eigenvalue weighted by Crippen LogP contribution is -2.17. The fourth-order valence-electron chi connectivity index (χ4n) is 3.26. The molecule has 0 fully saturated rings. The molecule has 3 aromatic rings. The predicted molar refractivity (Wildman–Crippen MR) is 105 cm³/mol. The zero-order valence-electron chi connectivity index (χ0n) is 13.8. The van der Waals surface area contributed by atoms with Gasteiger partial charge in [0.15, 0.2) is 0 Å². The SMILES string of the molecule is O=[N+]([O-])c1ccc(Cl)cc1C1=CN(c2ccccc2)c2ccccc2C1. The average molecular weight is 363 g/mol. The Morgan fingerprint density at radius 3 is 2.46 bits per heavy atom. The molecule has 0 aromatic heterocycles. The highest BCUT2D eigenvalue weighted by Gasteiger charge is 2.24. The molecule has 0 N–H and O–H groups in total. The Balaban J connectivity index is 1.90. The van der Waals surface area contributed by atoms with Crippen LogP contribution in [0.4, 0.5) is 17.1 Å². The fourth-order valence-corrected chi connectivity index (χ4v) is 3.44. The van der Waals surface area contributed by atoms with Gasteiger partial charge >= 0.3 is 0 Å². The van der Waals surface area contributed by atoms with Gasteiger partial charge in [-0.1, -0.05) is 48.0 Å². The van der Waals surface area contributed by atoms with Gasteiger partial charge in [-0.15, -0.1) is 0 Å². The quantitative estimate of drug-likeness (QED) is 0.425. The Morgan fingerprint density at radius 1 is 0.962 bits per heavy atom. The van der Waals surface area contributed by atoms with Crippen molar-refractivity contribution in [3.8, 4) is 0 Å². The molecule has 0 bridgehead atoms. The Bertz CT molecular complexity index is 1020. The highest BCUT2D eigenvalue weighted by molar-refractivity contribution is 6.30. The summed E-state index contributed by atoms with van der Waals surface area (Å²) in [6.45, 7) is 0. The summed E-state index contributed by atoms with van der Waals surface area (Å²) in [7, 11) is 0. The molecule has 0 spiro atoms.